The Morgan fingerprint density at radius 3 is 2.74 bits per heavy atom. The van der Waals surface area contributed by atoms with E-state index in [1.165, 1.54) is 12.1 Å². The number of amides is 2. The monoisotopic (exact) mass is 263 g/mol. The first kappa shape index (κ1) is 13.5. The van der Waals surface area contributed by atoms with Crippen LogP contribution in [-0.2, 0) is 16.1 Å². The molecule has 1 aromatic rings. The molecule has 1 saturated heterocycles. The molecule has 1 aromatic carbocycles. The van der Waals surface area contributed by atoms with Crippen LogP contribution in [0.3, 0.4) is 0 Å². The van der Waals surface area contributed by atoms with Crippen molar-refractivity contribution in [2.45, 2.75) is 31.8 Å². The fourth-order valence-electron chi connectivity index (χ4n) is 2.28. The first-order valence-electron chi connectivity index (χ1n) is 6.36. The number of nitrogens with one attached hydrogen (secondary N) is 1. The van der Waals surface area contributed by atoms with E-state index in [4.69, 9.17) is 0 Å². The van der Waals surface area contributed by atoms with Gasteiger partial charge < -0.3 is 10.2 Å². The highest BCUT2D eigenvalue weighted by Gasteiger charge is 2.26. The van der Waals surface area contributed by atoms with Crippen molar-refractivity contribution in [1.29, 1.82) is 0 Å². The lowest BCUT2D eigenvalue weighted by Gasteiger charge is -2.23. The highest BCUT2D eigenvalue weighted by atomic mass is 19.1. The molecule has 1 aliphatic heterocycles. The number of benzene rings is 1. The van der Waals surface area contributed by atoms with Crippen LogP contribution < -0.4 is 5.32 Å². The molecule has 0 aromatic heterocycles. The molecule has 1 heterocycles. The molecule has 101 valence electrons. The molecule has 4 nitrogen and oxygen atoms in total. The largest absolute Gasteiger partial charge is 0.337 e. The second kappa shape index (κ2) is 6.31. The zero-order valence-electron chi connectivity index (χ0n) is 10.6. The summed E-state index contributed by atoms with van der Waals surface area (Å²) in [6.07, 6.45) is 4.04. The normalized spacial score (nSPS) is 19.9. The molecule has 1 radical (unpaired) electrons. The van der Waals surface area contributed by atoms with Crippen LogP contribution in [0.1, 0.15) is 24.8 Å². The number of hydrogen-bond acceptors (Lipinski definition) is 2. The smallest absolute Gasteiger partial charge is 0.309 e. The number of likely N-dealkylation sites (tertiary alicyclic amines) is 1. The van der Waals surface area contributed by atoms with Crippen LogP contribution in [0.5, 0.6) is 0 Å². The van der Waals surface area contributed by atoms with Gasteiger partial charge in [0.25, 0.3) is 0 Å². The summed E-state index contributed by atoms with van der Waals surface area (Å²) in [6, 6.07) is 5.61. The Morgan fingerprint density at radius 2 is 2.05 bits per heavy atom. The van der Waals surface area contributed by atoms with Crippen LogP contribution in [0.2, 0.25) is 0 Å². The van der Waals surface area contributed by atoms with Gasteiger partial charge in [0.15, 0.2) is 0 Å². The number of nitrogens with zero attached hydrogens (tertiary/aromatic N) is 1. The predicted octanol–water partition coefficient (Wildman–Crippen LogP) is 1.36. The third-order valence-electron chi connectivity index (χ3n) is 3.30. The number of carbonyl (C=O) groups excluding carboxylic acids is 2. The summed E-state index contributed by atoms with van der Waals surface area (Å²) >= 11 is 0. The molecule has 5 heteroatoms. The van der Waals surface area contributed by atoms with Gasteiger partial charge in [-0.3, -0.25) is 9.59 Å². The maximum atomic E-state index is 12.8. The topological polar surface area (TPSA) is 49.4 Å². The van der Waals surface area contributed by atoms with Crippen molar-refractivity contribution in [2.24, 2.45) is 0 Å². The average molecular weight is 263 g/mol. The van der Waals surface area contributed by atoms with Gasteiger partial charge in [0.05, 0.1) is 0 Å². The van der Waals surface area contributed by atoms with E-state index in [2.05, 4.69) is 5.32 Å². The predicted molar refractivity (Wildman–Crippen MR) is 68.3 cm³/mol. The molecule has 2 amide bonds. The van der Waals surface area contributed by atoms with Crippen LogP contribution in [0.25, 0.3) is 0 Å². The van der Waals surface area contributed by atoms with Crippen molar-refractivity contribution in [3.63, 3.8) is 0 Å². The van der Waals surface area contributed by atoms with E-state index in [9.17, 15) is 14.0 Å². The lowest BCUT2D eigenvalue weighted by molar-refractivity contribution is -0.133. The van der Waals surface area contributed by atoms with E-state index in [1.54, 1.807) is 23.4 Å². The first-order chi connectivity index (χ1) is 9.20. The molecule has 0 saturated carbocycles. The molecule has 0 aliphatic carbocycles. The summed E-state index contributed by atoms with van der Waals surface area (Å²) in [6.45, 7) is 1.10. The molecular weight excluding hydrogens is 247 g/mol. The lowest BCUT2D eigenvalue weighted by Crippen LogP contribution is -2.44. The standard InChI is InChI=1S/C14H16FN2O2/c15-12-6-4-11(5-7-12)9-17-8-2-1-3-13(14(17)19)16-10-18/h4-7,13H,1-3,8-9H2,(H,16,18)/t13-/m0/s1. The number of hydrogen-bond donors (Lipinski definition) is 1. The minimum Gasteiger partial charge on any atom is -0.337 e. The van der Waals surface area contributed by atoms with E-state index in [1.807, 2.05) is 0 Å². The van der Waals surface area contributed by atoms with Crippen LogP contribution in [-0.4, -0.2) is 29.8 Å². The van der Waals surface area contributed by atoms with Crippen LogP contribution in [0.15, 0.2) is 24.3 Å². The van der Waals surface area contributed by atoms with Gasteiger partial charge in [-0.1, -0.05) is 12.1 Å². The number of rotatable bonds is 4. The van der Waals surface area contributed by atoms with Crippen molar-refractivity contribution in [3.8, 4) is 0 Å². The molecule has 19 heavy (non-hydrogen) atoms. The van der Waals surface area contributed by atoms with Gasteiger partial charge in [0.1, 0.15) is 11.9 Å². The Labute approximate surface area is 111 Å². The van der Waals surface area contributed by atoms with Gasteiger partial charge in [-0.2, -0.15) is 0 Å². The summed E-state index contributed by atoms with van der Waals surface area (Å²) in [4.78, 5) is 24.3. The van der Waals surface area contributed by atoms with Gasteiger partial charge in [0.2, 0.25) is 5.91 Å². The highest BCUT2D eigenvalue weighted by molar-refractivity contribution is 5.84. The quantitative estimate of drug-likeness (QED) is 0.834. The fourth-order valence-corrected chi connectivity index (χ4v) is 2.28. The summed E-state index contributed by atoms with van der Waals surface area (Å²) in [7, 11) is 0. The fraction of sp³-hybridized carbons (Fsp3) is 0.429. The van der Waals surface area contributed by atoms with E-state index in [-0.39, 0.29) is 11.7 Å². The zero-order valence-corrected chi connectivity index (χ0v) is 10.6. The lowest BCUT2D eigenvalue weighted by atomic mass is 10.1. The molecule has 1 N–H and O–H groups in total. The van der Waals surface area contributed by atoms with Crippen molar-refractivity contribution in [3.05, 3.63) is 35.6 Å². The molecule has 2 rings (SSSR count). The Hall–Kier alpha value is -1.91. The Balaban J connectivity index is 2.06. The third kappa shape index (κ3) is 3.53. The molecule has 1 aliphatic rings. The molecule has 1 atom stereocenters. The Morgan fingerprint density at radius 1 is 1.32 bits per heavy atom. The van der Waals surface area contributed by atoms with Crippen LogP contribution in [0, 0.1) is 5.82 Å². The highest BCUT2D eigenvalue weighted by Crippen LogP contribution is 2.15. The van der Waals surface area contributed by atoms with E-state index in [0.29, 0.717) is 19.5 Å². The molecule has 1 fully saturated rings. The van der Waals surface area contributed by atoms with Crippen molar-refractivity contribution >= 4 is 12.3 Å². The number of carbonyl (C=O) groups is 1. The minimum absolute atomic E-state index is 0.0924. The van der Waals surface area contributed by atoms with Crippen molar-refractivity contribution in [2.75, 3.05) is 6.54 Å². The third-order valence-corrected chi connectivity index (χ3v) is 3.30. The van der Waals surface area contributed by atoms with E-state index >= 15 is 0 Å². The first-order valence-corrected chi connectivity index (χ1v) is 6.36. The van der Waals surface area contributed by atoms with Gasteiger partial charge in [0, 0.05) is 13.1 Å². The zero-order chi connectivity index (χ0) is 13.7. The summed E-state index contributed by atoms with van der Waals surface area (Å²) in [5.74, 6) is -0.383. The van der Waals surface area contributed by atoms with E-state index in [0.717, 1.165) is 18.4 Å². The van der Waals surface area contributed by atoms with Gasteiger partial charge in [-0.25, -0.2) is 4.39 Å². The summed E-state index contributed by atoms with van der Waals surface area (Å²) in [5.41, 5.74) is 0.880. The molecule has 0 spiro atoms. The molecule has 0 unspecified atom stereocenters. The summed E-state index contributed by atoms with van der Waals surface area (Å²) < 4.78 is 12.8. The second-order valence-corrected chi connectivity index (χ2v) is 4.68. The van der Waals surface area contributed by atoms with Gasteiger partial charge >= 0.3 is 6.41 Å². The summed E-state index contributed by atoms with van der Waals surface area (Å²) in [5, 5.41) is 2.44. The SMILES string of the molecule is O=[C]N[C@H]1CCCCN(Cc2ccc(F)cc2)C1=O. The van der Waals surface area contributed by atoms with E-state index < -0.39 is 6.04 Å². The van der Waals surface area contributed by atoms with Crippen LogP contribution in [0.4, 0.5) is 4.39 Å². The Kier molecular flexibility index (Phi) is 4.49. The van der Waals surface area contributed by atoms with Crippen LogP contribution >= 0.6 is 0 Å². The van der Waals surface area contributed by atoms with Crippen molar-refractivity contribution < 1.29 is 14.0 Å². The van der Waals surface area contributed by atoms with Gasteiger partial charge in [-0.15, -0.1) is 0 Å². The van der Waals surface area contributed by atoms with Gasteiger partial charge in [-0.05, 0) is 37.0 Å². The maximum Gasteiger partial charge on any atom is 0.309 e. The molecule has 0 bridgehead atoms. The minimum atomic E-state index is -0.486. The molecular formula is C14H16FN2O2. The Bertz CT molecular complexity index is 447. The average Bonchev–Trinajstić information content (AvgIpc) is 2.57. The number of halogens is 1. The van der Waals surface area contributed by atoms with Crippen molar-refractivity contribution in [1.82, 2.24) is 10.2 Å². The second-order valence-electron chi connectivity index (χ2n) is 4.68. The maximum absolute atomic E-state index is 12.8.